The molecule has 0 heterocycles. The van der Waals surface area contributed by atoms with Crippen molar-refractivity contribution in [2.24, 2.45) is 10.8 Å². The van der Waals surface area contributed by atoms with E-state index in [-0.39, 0.29) is 20.0 Å². The number of rotatable bonds is 1. The normalized spacial score (nSPS) is 51.7. The molecule has 0 aromatic rings. The third-order valence-electron chi connectivity index (χ3n) is 4.68. The second-order valence-corrected chi connectivity index (χ2v) is 7.80. The van der Waals surface area contributed by atoms with Gasteiger partial charge in [-0.2, -0.15) is 5.26 Å². The Hall–Kier alpha value is 0.410. The average molecular weight is 337 g/mol. The zero-order valence-electron chi connectivity index (χ0n) is 8.93. The third-order valence-corrected chi connectivity index (χ3v) is 8.27. The van der Waals surface area contributed by atoms with Gasteiger partial charge in [-0.1, -0.05) is 45.7 Å². The van der Waals surface area contributed by atoms with Gasteiger partial charge >= 0.3 is 0 Å². The van der Waals surface area contributed by atoms with E-state index in [9.17, 15) is 5.11 Å². The summed E-state index contributed by atoms with van der Waals surface area (Å²) in [5.41, 5.74) is -0.302. The van der Waals surface area contributed by atoms with Crippen LogP contribution in [0.3, 0.4) is 0 Å². The van der Waals surface area contributed by atoms with E-state index in [1.165, 1.54) is 0 Å². The molecular weight excluding hydrogens is 322 g/mol. The average Bonchev–Trinajstić information content (AvgIpc) is 2.48. The molecule has 0 amide bonds. The van der Waals surface area contributed by atoms with E-state index in [4.69, 9.17) is 5.26 Å². The minimum Gasteiger partial charge on any atom is -0.391 e. The van der Waals surface area contributed by atoms with Crippen LogP contribution in [0.15, 0.2) is 0 Å². The lowest BCUT2D eigenvalue weighted by atomic mass is 9.62. The molecule has 4 heteroatoms. The fourth-order valence-electron chi connectivity index (χ4n) is 3.47. The first-order valence-electron chi connectivity index (χ1n) is 5.21. The summed E-state index contributed by atoms with van der Waals surface area (Å²) in [6.45, 7) is 4.15. The van der Waals surface area contributed by atoms with E-state index >= 15 is 0 Å². The Morgan fingerprint density at radius 3 is 2.47 bits per heavy atom. The first kappa shape index (κ1) is 11.9. The highest BCUT2D eigenvalue weighted by molar-refractivity contribution is 9.12. The molecule has 0 spiro atoms. The van der Waals surface area contributed by atoms with Crippen LogP contribution in [0.1, 0.15) is 33.1 Å². The Labute approximate surface area is 107 Å². The molecule has 0 radical (unpaired) electrons. The zero-order valence-corrected chi connectivity index (χ0v) is 12.1. The van der Waals surface area contributed by atoms with Crippen molar-refractivity contribution in [3.63, 3.8) is 0 Å². The van der Waals surface area contributed by atoms with E-state index < -0.39 is 6.10 Å². The molecule has 4 unspecified atom stereocenters. The van der Waals surface area contributed by atoms with Crippen LogP contribution in [-0.4, -0.2) is 20.4 Å². The van der Waals surface area contributed by atoms with Crippen molar-refractivity contribution >= 4 is 31.9 Å². The van der Waals surface area contributed by atoms with E-state index in [0.717, 1.165) is 12.8 Å². The topological polar surface area (TPSA) is 44.0 Å². The van der Waals surface area contributed by atoms with Crippen molar-refractivity contribution in [3.8, 4) is 6.07 Å². The molecule has 0 aromatic heterocycles. The van der Waals surface area contributed by atoms with E-state index in [1.807, 2.05) is 0 Å². The number of aliphatic hydroxyl groups excluding tert-OH is 1. The van der Waals surface area contributed by atoms with Crippen molar-refractivity contribution in [1.82, 2.24) is 0 Å². The molecule has 0 aromatic carbocycles. The number of nitrogens with zero attached hydrogens (tertiary/aromatic N) is 1. The molecule has 2 bridgehead atoms. The van der Waals surface area contributed by atoms with Gasteiger partial charge in [0.25, 0.3) is 0 Å². The highest BCUT2D eigenvalue weighted by Crippen LogP contribution is 2.72. The van der Waals surface area contributed by atoms with Gasteiger partial charge in [0.15, 0.2) is 0 Å². The van der Waals surface area contributed by atoms with Crippen molar-refractivity contribution in [3.05, 3.63) is 0 Å². The zero-order chi connectivity index (χ0) is 11.5. The predicted molar refractivity (Wildman–Crippen MR) is 66.1 cm³/mol. The predicted octanol–water partition coefficient (Wildman–Crippen LogP) is 2.98. The molecule has 1 N–H and O–H groups in total. The Bertz CT molecular complexity index is 338. The lowest BCUT2D eigenvalue weighted by molar-refractivity contribution is -0.0276. The van der Waals surface area contributed by atoms with Crippen molar-refractivity contribution in [2.45, 2.75) is 48.4 Å². The second kappa shape index (κ2) is 3.21. The monoisotopic (exact) mass is 335 g/mol. The van der Waals surface area contributed by atoms with Gasteiger partial charge in [0, 0.05) is 16.7 Å². The van der Waals surface area contributed by atoms with E-state index in [1.54, 1.807) is 0 Å². The van der Waals surface area contributed by atoms with Crippen LogP contribution in [-0.2, 0) is 0 Å². The first-order valence-corrected chi connectivity index (χ1v) is 6.92. The van der Waals surface area contributed by atoms with Crippen LogP contribution < -0.4 is 0 Å². The molecule has 2 rings (SSSR count). The first-order chi connectivity index (χ1) is 6.83. The van der Waals surface area contributed by atoms with Gasteiger partial charge in [-0.15, -0.1) is 0 Å². The Kier molecular flexibility index (Phi) is 2.54. The summed E-state index contributed by atoms with van der Waals surface area (Å²) in [6, 6.07) is 2.29. The molecule has 0 aliphatic heterocycles. The Morgan fingerprint density at radius 2 is 2.07 bits per heavy atom. The summed E-state index contributed by atoms with van der Waals surface area (Å²) in [5, 5.41) is 19.4. The fourth-order valence-corrected chi connectivity index (χ4v) is 6.14. The van der Waals surface area contributed by atoms with Crippen LogP contribution in [0.5, 0.6) is 0 Å². The number of hydrogen-bond donors (Lipinski definition) is 1. The summed E-state index contributed by atoms with van der Waals surface area (Å²) in [6.07, 6.45) is 2.07. The van der Waals surface area contributed by atoms with Crippen LogP contribution in [0, 0.1) is 22.2 Å². The maximum absolute atomic E-state index is 10.4. The molecule has 0 saturated heterocycles. The highest BCUT2D eigenvalue weighted by Gasteiger charge is 2.73. The van der Waals surface area contributed by atoms with Gasteiger partial charge in [0.2, 0.25) is 0 Å². The summed E-state index contributed by atoms with van der Waals surface area (Å²) >= 11 is 7.40. The molecule has 15 heavy (non-hydrogen) atoms. The Balaban J connectivity index is 2.52. The number of halogens is 2. The molecule has 2 nitrogen and oxygen atoms in total. The van der Waals surface area contributed by atoms with Gasteiger partial charge < -0.3 is 5.11 Å². The van der Waals surface area contributed by atoms with Gasteiger partial charge in [-0.25, -0.2) is 0 Å². The summed E-state index contributed by atoms with van der Waals surface area (Å²) < 4.78 is -0.243. The van der Waals surface area contributed by atoms with Crippen LogP contribution >= 0.6 is 31.9 Å². The quantitative estimate of drug-likeness (QED) is 0.748. The Morgan fingerprint density at radius 1 is 1.47 bits per heavy atom. The molecule has 2 saturated carbocycles. The van der Waals surface area contributed by atoms with E-state index in [0.29, 0.717) is 6.42 Å². The summed E-state index contributed by atoms with van der Waals surface area (Å²) in [4.78, 5) is 0.183. The lowest BCUT2D eigenvalue weighted by Crippen LogP contribution is -2.46. The summed E-state index contributed by atoms with van der Waals surface area (Å²) in [5.74, 6) is 0. The largest absolute Gasteiger partial charge is 0.391 e. The van der Waals surface area contributed by atoms with Crippen molar-refractivity contribution in [2.75, 3.05) is 0 Å². The van der Waals surface area contributed by atoms with Crippen LogP contribution in [0.2, 0.25) is 0 Å². The molecule has 4 atom stereocenters. The van der Waals surface area contributed by atoms with Crippen molar-refractivity contribution in [1.29, 1.82) is 5.26 Å². The van der Waals surface area contributed by atoms with Gasteiger partial charge in [-0.3, -0.25) is 0 Å². The van der Waals surface area contributed by atoms with Gasteiger partial charge in [-0.05, 0) is 18.3 Å². The van der Waals surface area contributed by atoms with E-state index in [2.05, 4.69) is 51.8 Å². The smallest absolute Gasteiger partial charge is 0.0761 e. The maximum atomic E-state index is 10.4. The number of nitriles is 1. The fraction of sp³-hybridized carbons (Fsp3) is 0.909. The summed E-state index contributed by atoms with van der Waals surface area (Å²) in [7, 11) is 0. The molecule has 2 aliphatic rings. The molecule has 2 aliphatic carbocycles. The van der Waals surface area contributed by atoms with Crippen molar-refractivity contribution < 1.29 is 5.11 Å². The van der Waals surface area contributed by atoms with Crippen LogP contribution in [0.4, 0.5) is 0 Å². The minimum atomic E-state index is -0.392. The highest BCUT2D eigenvalue weighted by atomic mass is 79.9. The van der Waals surface area contributed by atoms with Crippen LogP contribution in [0.25, 0.3) is 0 Å². The lowest BCUT2D eigenvalue weighted by Gasteiger charge is -2.44. The van der Waals surface area contributed by atoms with Gasteiger partial charge in [0.05, 0.1) is 16.5 Å². The number of fused-ring (bicyclic) bond motifs is 2. The number of aliphatic hydroxyl groups is 1. The minimum absolute atomic E-state index is 0.0926. The SMILES string of the molecule is CC1(C)C(O)C2(Br)CCC1(CC#N)C2Br. The molecular formula is C11H15Br2NO. The number of hydrogen-bond acceptors (Lipinski definition) is 2. The maximum Gasteiger partial charge on any atom is 0.0761 e. The van der Waals surface area contributed by atoms with Gasteiger partial charge in [0.1, 0.15) is 0 Å². The third kappa shape index (κ3) is 1.13. The number of alkyl halides is 2. The second-order valence-electron chi connectivity index (χ2n) is 5.40. The standard InChI is InChI=1S/C11H15Br2NO/c1-9(2)8(15)11(13)4-3-10(9,5-6-14)7(11)12/h7-8,15H,3-5H2,1-2H3. The molecule has 84 valence electrons. The molecule has 2 fully saturated rings.